The van der Waals surface area contributed by atoms with E-state index in [0.717, 1.165) is 19.3 Å². The number of hydrogen-bond donors (Lipinski definition) is 2. The molecule has 0 saturated carbocycles. The molecule has 2 N–H and O–H groups in total. The second-order valence-electron chi connectivity index (χ2n) is 4.61. The fourth-order valence-electron chi connectivity index (χ4n) is 1.93. The molecule has 0 radical (unpaired) electrons. The zero-order valence-corrected chi connectivity index (χ0v) is 10.4. The number of carbonyl (C=O) groups is 2. The van der Waals surface area contributed by atoms with Crippen LogP contribution >= 0.6 is 0 Å². The predicted octanol–water partition coefficient (Wildman–Crippen LogP) is 1.17. The highest BCUT2D eigenvalue weighted by Crippen LogP contribution is 2.15. The molecule has 98 valence electrons. The number of hydrogen-bond acceptors (Lipinski definition) is 3. The van der Waals surface area contributed by atoms with E-state index in [4.69, 9.17) is 9.84 Å². The van der Waals surface area contributed by atoms with Crippen molar-refractivity contribution in [1.82, 2.24) is 5.32 Å². The van der Waals surface area contributed by atoms with Crippen LogP contribution in [0.5, 0.6) is 0 Å². The number of rotatable bonds is 6. The van der Waals surface area contributed by atoms with E-state index in [-0.39, 0.29) is 24.3 Å². The van der Waals surface area contributed by atoms with Crippen LogP contribution in [0.4, 0.5) is 0 Å². The molecular weight excluding hydrogens is 222 g/mol. The van der Waals surface area contributed by atoms with Gasteiger partial charge in [-0.1, -0.05) is 20.3 Å². The molecule has 5 nitrogen and oxygen atoms in total. The molecule has 0 aromatic rings. The zero-order valence-electron chi connectivity index (χ0n) is 10.4. The summed E-state index contributed by atoms with van der Waals surface area (Å²) in [6.45, 7) is 4.43. The monoisotopic (exact) mass is 243 g/mol. The fourth-order valence-corrected chi connectivity index (χ4v) is 1.93. The highest BCUT2D eigenvalue weighted by atomic mass is 16.5. The Morgan fingerprint density at radius 3 is 2.71 bits per heavy atom. The molecule has 0 aromatic carbocycles. The molecule has 1 aliphatic rings. The molecule has 1 unspecified atom stereocenters. The summed E-state index contributed by atoms with van der Waals surface area (Å²) in [7, 11) is 0. The van der Waals surface area contributed by atoms with E-state index in [1.54, 1.807) is 0 Å². The van der Waals surface area contributed by atoms with E-state index in [2.05, 4.69) is 5.32 Å². The van der Waals surface area contributed by atoms with Gasteiger partial charge in [-0.25, -0.2) is 4.79 Å². The molecule has 0 spiro atoms. The number of carbonyl (C=O) groups excluding carboxylic acids is 1. The summed E-state index contributed by atoms with van der Waals surface area (Å²) in [5.41, 5.74) is 0. The van der Waals surface area contributed by atoms with Gasteiger partial charge in [0.15, 0.2) is 0 Å². The quantitative estimate of drug-likeness (QED) is 0.734. The van der Waals surface area contributed by atoms with Crippen LogP contribution in [0.3, 0.4) is 0 Å². The molecule has 3 atom stereocenters. The van der Waals surface area contributed by atoms with E-state index >= 15 is 0 Å². The number of carboxylic acid groups (broad SMARTS) is 1. The molecule has 0 aromatic heterocycles. The van der Waals surface area contributed by atoms with Gasteiger partial charge >= 0.3 is 5.97 Å². The summed E-state index contributed by atoms with van der Waals surface area (Å²) < 4.78 is 5.34. The number of amides is 1. The van der Waals surface area contributed by atoms with Crippen molar-refractivity contribution < 1.29 is 19.4 Å². The third-order valence-corrected chi connectivity index (χ3v) is 3.23. The van der Waals surface area contributed by atoms with E-state index in [1.165, 1.54) is 0 Å². The Hall–Kier alpha value is -1.10. The Labute approximate surface area is 102 Å². The van der Waals surface area contributed by atoms with Crippen molar-refractivity contribution in [2.24, 2.45) is 5.92 Å². The first-order valence-electron chi connectivity index (χ1n) is 6.18. The van der Waals surface area contributed by atoms with Crippen molar-refractivity contribution in [1.29, 1.82) is 0 Å². The average molecular weight is 243 g/mol. The topological polar surface area (TPSA) is 75.6 Å². The first kappa shape index (κ1) is 14.0. The van der Waals surface area contributed by atoms with Crippen LogP contribution in [0.25, 0.3) is 0 Å². The lowest BCUT2D eigenvalue weighted by molar-refractivity contribution is -0.143. The maximum Gasteiger partial charge on any atom is 0.326 e. The van der Waals surface area contributed by atoms with Gasteiger partial charge < -0.3 is 15.2 Å². The Balaban J connectivity index is 2.43. The fraction of sp³-hybridized carbons (Fsp3) is 0.833. The first-order chi connectivity index (χ1) is 8.04. The molecule has 1 aliphatic heterocycles. The summed E-state index contributed by atoms with van der Waals surface area (Å²) in [6.07, 6.45) is 2.80. The van der Waals surface area contributed by atoms with Crippen LogP contribution in [0.2, 0.25) is 0 Å². The lowest BCUT2D eigenvalue weighted by Gasteiger charge is -2.20. The van der Waals surface area contributed by atoms with Gasteiger partial charge in [0.2, 0.25) is 5.91 Å². The van der Waals surface area contributed by atoms with Crippen molar-refractivity contribution in [3.63, 3.8) is 0 Å². The third kappa shape index (κ3) is 4.34. The minimum atomic E-state index is -0.972. The molecule has 0 bridgehead atoms. The molecule has 1 rings (SSSR count). The van der Waals surface area contributed by atoms with E-state index in [0.29, 0.717) is 6.61 Å². The lowest BCUT2D eigenvalue weighted by Crippen LogP contribution is -2.45. The molecular formula is C12H21NO4. The largest absolute Gasteiger partial charge is 0.480 e. The summed E-state index contributed by atoms with van der Waals surface area (Å²) >= 11 is 0. The van der Waals surface area contributed by atoms with Gasteiger partial charge in [0.05, 0.1) is 12.5 Å². The van der Waals surface area contributed by atoms with E-state index in [9.17, 15) is 9.59 Å². The van der Waals surface area contributed by atoms with Gasteiger partial charge in [0, 0.05) is 6.61 Å². The van der Waals surface area contributed by atoms with Crippen molar-refractivity contribution >= 4 is 11.9 Å². The van der Waals surface area contributed by atoms with Crippen LogP contribution < -0.4 is 5.32 Å². The normalized spacial score (nSPS) is 23.1. The lowest BCUT2D eigenvalue weighted by atomic mass is 9.99. The highest BCUT2D eigenvalue weighted by Gasteiger charge is 2.27. The van der Waals surface area contributed by atoms with Gasteiger partial charge in [0.25, 0.3) is 0 Å². The maximum atomic E-state index is 11.7. The van der Waals surface area contributed by atoms with Gasteiger partial charge in [0.1, 0.15) is 6.04 Å². The molecule has 0 aliphatic carbocycles. The number of nitrogens with one attached hydrogen (secondary N) is 1. The van der Waals surface area contributed by atoms with Crippen molar-refractivity contribution in [2.45, 2.75) is 51.7 Å². The van der Waals surface area contributed by atoms with Crippen LogP contribution in [0.15, 0.2) is 0 Å². The van der Waals surface area contributed by atoms with Crippen LogP contribution in [0.1, 0.15) is 39.5 Å². The van der Waals surface area contributed by atoms with Crippen molar-refractivity contribution in [3.05, 3.63) is 0 Å². The zero-order chi connectivity index (χ0) is 12.8. The van der Waals surface area contributed by atoms with Crippen LogP contribution in [0, 0.1) is 5.92 Å². The Morgan fingerprint density at radius 1 is 1.53 bits per heavy atom. The smallest absolute Gasteiger partial charge is 0.326 e. The SMILES string of the molecule is CC[C@H](C)[C@H](NC(=O)CC1CCCO1)C(=O)O. The third-order valence-electron chi connectivity index (χ3n) is 3.23. The van der Waals surface area contributed by atoms with Crippen LogP contribution in [-0.2, 0) is 14.3 Å². The number of aliphatic carboxylic acids is 1. The number of carboxylic acids is 1. The summed E-state index contributed by atoms with van der Waals surface area (Å²) in [5.74, 6) is -1.27. The summed E-state index contributed by atoms with van der Waals surface area (Å²) in [4.78, 5) is 22.7. The van der Waals surface area contributed by atoms with Crippen molar-refractivity contribution in [2.75, 3.05) is 6.61 Å². The van der Waals surface area contributed by atoms with Crippen LogP contribution in [-0.4, -0.2) is 35.7 Å². The van der Waals surface area contributed by atoms with E-state index < -0.39 is 12.0 Å². The minimum absolute atomic E-state index is 0.0404. The summed E-state index contributed by atoms with van der Waals surface area (Å²) in [6, 6.07) is -0.797. The molecule has 1 heterocycles. The molecule has 17 heavy (non-hydrogen) atoms. The Kier molecular flexibility index (Phi) is 5.41. The second kappa shape index (κ2) is 6.59. The number of ether oxygens (including phenoxy) is 1. The van der Waals surface area contributed by atoms with Crippen molar-refractivity contribution in [3.8, 4) is 0 Å². The van der Waals surface area contributed by atoms with E-state index in [1.807, 2.05) is 13.8 Å². The predicted molar refractivity (Wildman–Crippen MR) is 62.6 cm³/mol. The molecule has 5 heteroatoms. The van der Waals surface area contributed by atoms with Gasteiger partial charge in [-0.05, 0) is 18.8 Å². The minimum Gasteiger partial charge on any atom is -0.480 e. The van der Waals surface area contributed by atoms with Gasteiger partial charge in [-0.15, -0.1) is 0 Å². The first-order valence-corrected chi connectivity index (χ1v) is 6.18. The van der Waals surface area contributed by atoms with Gasteiger partial charge in [-0.2, -0.15) is 0 Å². The van der Waals surface area contributed by atoms with Gasteiger partial charge in [-0.3, -0.25) is 4.79 Å². The standard InChI is InChI=1S/C12H21NO4/c1-3-8(2)11(12(15)16)13-10(14)7-9-5-4-6-17-9/h8-9,11H,3-7H2,1-2H3,(H,13,14)(H,15,16)/t8-,9?,11-/m0/s1. The summed E-state index contributed by atoms with van der Waals surface area (Å²) in [5, 5.41) is 11.6. The highest BCUT2D eigenvalue weighted by molar-refractivity contribution is 5.83. The molecule has 1 fully saturated rings. The Morgan fingerprint density at radius 2 is 2.24 bits per heavy atom. The maximum absolute atomic E-state index is 11.7. The average Bonchev–Trinajstić information content (AvgIpc) is 2.77. The Bertz CT molecular complexity index is 274. The second-order valence-corrected chi connectivity index (χ2v) is 4.61. The molecule has 1 amide bonds. The molecule has 1 saturated heterocycles.